The Morgan fingerprint density at radius 1 is 1.04 bits per heavy atom. The number of amides is 1. The van der Waals surface area contributed by atoms with Crippen LogP contribution in [0.5, 0.6) is 0 Å². The van der Waals surface area contributed by atoms with E-state index >= 15 is 0 Å². The van der Waals surface area contributed by atoms with Crippen LogP contribution in [0.15, 0.2) is 59.6 Å². The summed E-state index contributed by atoms with van der Waals surface area (Å²) in [5.41, 5.74) is 0.885. The molecule has 134 valence electrons. The summed E-state index contributed by atoms with van der Waals surface area (Å²) in [5.74, 6) is -1.10. The Bertz CT molecular complexity index is 1030. The topological polar surface area (TPSA) is 104 Å². The summed E-state index contributed by atoms with van der Waals surface area (Å²) >= 11 is 0. The summed E-state index contributed by atoms with van der Waals surface area (Å²) in [6.45, 7) is 1.55. The summed E-state index contributed by atoms with van der Waals surface area (Å²) in [5, 5.41) is 8.46. The largest absolute Gasteiger partial charge is 0.322 e. The summed E-state index contributed by atoms with van der Waals surface area (Å²) in [7, 11) is -4.15. The first-order valence-electron chi connectivity index (χ1n) is 7.56. The van der Waals surface area contributed by atoms with Crippen molar-refractivity contribution in [3.63, 3.8) is 0 Å². The first kappa shape index (κ1) is 17.6. The number of anilines is 2. The number of aromatic nitrogens is 2. The highest BCUT2D eigenvalue weighted by molar-refractivity contribution is 7.92. The van der Waals surface area contributed by atoms with Crippen LogP contribution in [-0.2, 0) is 10.0 Å². The van der Waals surface area contributed by atoms with Crippen molar-refractivity contribution in [2.75, 3.05) is 10.0 Å². The van der Waals surface area contributed by atoms with Crippen LogP contribution in [-0.4, -0.2) is 24.5 Å². The Balaban J connectivity index is 1.91. The fraction of sp³-hybridized carbons (Fsp3) is 0.0588. The van der Waals surface area contributed by atoms with E-state index in [1.807, 2.05) is 0 Å². The standard InChI is InChI=1S/C17H15FN4O3S/c1-11-15(16(23)19-13-5-3-2-4-6-13)17(21-20-11)26(24,25)22-14-9-7-12(18)8-10-14/h2-10,22H,1H3,(H,19,23)(H,20,21). The number of benzene rings is 2. The van der Waals surface area contributed by atoms with E-state index < -0.39 is 26.8 Å². The van der Waals surface area contributed by atoms with Gasteiger partial charge in [0.05, 0.1) is 0 Å². The fourth-order valence-corrected chi connectivity index (χ4v) is 3.53. The number of carbonyl (C=O) groups excluding carboxylic acids is 1. The monoisotopic (exact) mass is 374 g/mol. The van der Waals surface area contributed by atoms with Gasteiger partial charge in [0.15, 0.2) is 0 Å². The van der Waals surface area contributed by atoms with E-state index in [1.165, 1.54) is 12.1 Å². The Morgan fingerprint density at radius 2 is 1.69 bits per heavy atom. The molecule has 0 spiro atoms. The Hall–Kier alpha value is -3.20. The molecule has 3 N–H and O–H groups in total. The van der Waals surface area contributed by atoms with Crippen LogP contribution in [0.4, 0.5) is 15.8 Å². The molecule has 3 aromatic rings. The van der Waals surface area contributed by atoms with Gasteiger partial charge in [-0.15, -0.1) is 0 Å². The number of hydrogen-bond donors (Lipinski definition) is 3. The van der Waals surface area contributed by atoms with Crippen molar-refractivity contribution >= 4 is 27.3 Å². The number of hydrogen-bond acceptors (Lipinski definition) is 4. The maximum atomic E-state index is 13.0. The summed E-state index contributed by atoms with van der Waals surface area (Å²) in [4.78, 5) is 12.5. The van der Waals surface area contributed by atoms with Gasteiger partial charge in [-0.05, 0) is 43.3 Å². The molecule has 0 aliphatic carbocycles. The molecule has 7 nitrogen and oxygen atoms in total. The number of aromatic amines is 1. The predicted octanol–water partition coefficient (Wildman–Crippen LogP) is 2.91. The molecule has 26 heavy (non-hydrogen) atoms. The third kappa shape index (κ3) is 3.72. The smallest absolute Gasteiger partial charge is 0.282 e. The molecule has 2 aromatic carbocycles. The molecule has 9 heteroatoms. The molecule has 0 saturated carbocycles. The third-order valence-electron chi connectivity index (χ3n) is 3.52. The lowest BCUT2D eigenvalue weighted by molar-refractivity contribution is 0.102. The van der Waals surface area contributed by atoms with E-state index in [1.54, 1.807) is 37.3 Å². The molecular formula is C17H15FN4O3S. The van der Waals surface area contributed by atoms with Crippen LogP contribution in [0.3, 0.4) is 0 Å². The normalized spacial score (nSPS) is 11.2. The molecule has 1 amide bonds. The number of nitrogens with one attached hydrogen (secondary N) is 3. The zero-order valence-electron chi connectivity index (χ0n) is 13.7. The van der Waals surface area contributed by atoms with E-state index in [-0.39, 0.29) is 11.3 Å². The summed E-state index contributed by atoms with van der Waals surface area (Å²) in [6.07, 6.45) is 0. The van der Waals surface area contributed by atoms with Gasteiger partial charge in [0, 0.05) is 17.1 Å². The molecule has 1 heterocycles. The van der Waals surface area contributed by atoms with Crippen molar-refractivity contribution in [2.24, 2.45) is 0 Å². The van der Waals surface area contributed by atoms with Crippen molar-refractivity contribution < 1.29 is 17.6 Å². The number of nitrogens with zero attached hydrogens (tertiary/aromatic N) is 1. The number of para-hydroxylation sites is 1. The minimum atomic E-state index is -4.15. The maximum Gasteiger partial charge on any atom is 0.282 e. The second-order valence-electron chi connectivity index (χ2n) is 5.46. The molecular weight excluding hydrogens is 359 g/mol. The van der Waals surface area contributed by atoms with Crippen molar-refractivity contribution in [1.82, 2.24) is 10.2 Å². The van der Waals surface area contributed by atoms with Gasteiger partial charge < -0.3 is 5.32 Å². The maximum absolute atomic E-state index is 13.0. The van der Waals surface area contributed by atoms with Gasteiger partial charge in [0.2, 0.25) is 5.03 Å². The highest BCUT2D eigenvalue weighted by Crippen LogP contribution is 2.21. The fourth-order valence-electron chi connectivity index (χ4n) is 2.31. The van der Waals surface area contributed by atoms with Crippen molar-refractivity contribution in [2.45, 2.75) is 11.9 Å². The van der Waals surface area contributed by atoms with E-state index in [0.29, 0.717) is 11.4 Å². The van der Waals surface area contributed by atoms with Crippen LogP contribution < -0.4 is 10.0 Å². The SMILES string of the molecule is Cc1[nH]nc(S(=O)(=O)Nc2ccc(F)cc2)c1C(=O)Nc1ccccc1. The lowest BCUT2D eigenvalue weighted by Gasteiger charge is -2.09. The van der Waals surface area contributed by atoms with Crippen LogP contribution >= 0.6 is 0 Å². The van der Waals surface area contributed by atoms with Crippen molar-refractivity contribution in [3.8, 4) is 0 Å². The van der Waals surface area contributed by atoms with Crippen LogP contribution in [0.25, 0.3) is 0 Å². The molecule has 1 aromatic heterocycles. The highest BCUT2D eigenvalue weighted by Gasteiger charge is 2.28. The molecule has 0 atom stereocenters. The summed E-state index contributed by atoms with van der Waals surface area (Å²) < 4.78 is 40.5. The molecule has 0 bridgehead atoms. The second-order valence-corrected chi connectivity index (χ2v) is 7.06. The van der Waals surface area contributed by atoms with E-state index in [2.05, 4.69) is 20.2 Å². The Labute approximate surface area is 149 Å². The van der Waals surface area contributed by atoms with Gasteiger partial charge in [0.1, 0.15) is 11.4 Å². The second kappa shape index (κ2) is 6.96. The predicted molar refractivity (Wildman–Crippen MR) is 94.9 cm³/mol. The zero-order valence-corrected chi connectivity index (χ0v) is 14.5. The molecule has 0 saturated heterocycles. The minimum absolute atomic E-state index is 0.0940. The van der Waals surface area contributed by atoms with Crippen molar-refractivity contribution in [1.29, 1.82) is 0 Å². The first-order chi connectivity index (χ1) is 12.4. The van der Waals surface area contributed by atoms with E-state index in [9.17, 15) is 17.6 Å². The lowest BCUT2D eigenvalue weighted by Crippen LogP contribution is -2.20. The molecule has 0 radical (unpaired) electrons. The van der Waals surface area contributed by atoms with Crippen LogP contribution in [0.2, 0.25) is 0 Å². The van der Waals surface area contributed by atoms with E-state index in [4.69, 9.17) is 0 Å². The quantitative estimate of drug-likeness (QED) is 0.639. The first-order valence-corrected chi connectivity index (χ1v) is 9.05. The zero-order chi connectivity index (χ0) is 18.7. The molecule has 0 unspecified atom stereocenters. The number of rotatable bonds is 5. The molecule has 0 aliphatic heterocycles. The minimum Gasteiger partial charge on any atom is -0.322 e. The summed E-state index contributed by atoms with van der Waals surface area (Å²) in [6, 6.07) is 13.4. The van der Waals surface area contributed by atoms with Gasteiger partial charge in [0.25, 0.3) is 15.9 Å². The number of carbonyl (C=O) groups is 1. The van der Waals surface area contributed by atoms with Crippen molar-refractivity contribution in [3.05, 3.63) is 71.7 Å². The Morgan fingerprint density at radius 3 is 2.35 bits per heavy atom. The number of H-pyrrole nitrogens is 1. The highest BCUT2D eigenvalue weighted by atomic mass is 32.2. The van der Waals surface area contributed by atoms with Gasteiger partial charge in [-0.2, -0.15) is 13.5 Å². The van der Waals surface area contributed by atoms with Gasteiger partial charge in [-0.3, -0.25) is 14.6 Å². The Kier molecular flexibility index (Phi) is 4.72. The number of halogens is 1. The molecule has 0 aliphatic rings. The average Bonchev–Trinajstić information content (AvgIpc) is 3.00. The third-order valence-corrected chi connectivity index (χ3v) is 4.83. The van der Waals surface area contributed by atoms with E-state index in [0.717, 1.165) is 12.1 Å². The molecule has 0 fully saturated rings. The number of aryl methyl sites for hydroxylation is 1. The van der Waals surface area contributed by atoms with Gasteiger partial charge in [-0.1, -0.05) is 18.2 Å². The average molecular weight is 374 g/mol. The lowest BCUT2D eigenvalue weighted by atomic mass is 10.2. The van der Waals surface area contributed by atoms with Crippen LogP contribution in [0.1, 0.15) is 16.1 Å². The van der Waals surface area contributed by atoms with Gasteiger partial charge in [-0.25, -0.2) is 4.39 Å². The number of sulfonamides is 1. The van der Waals surface area contributed by atoms with Crippen LogP contribution in [0, 0.1) is 12.7 Å². The molecule has 3 rings (SSSR count). The van der Waals surface area contributed by atoms with Gasteiger partial charge >= 0.3 is 0 Å².